The zero-order valence-corrected chi connectivity index (χ0v) is 39.6. The fourth-order valence-corrected chi connectivity index (χ4v) is 10.5. The molecule has 2 aromatic rings. The van der Waals surface area contributed by atoms with Gasteiger partial charge in [0, 0.05) is 44.2 Å². The van der Waals surface area contributed by atoms with Crippen LogP contribution in [-0.4, -0.2) is 91.7 Å². The van der Waals surface area contributed by atoms with Gasteiger partial charge in [-0.1, -0.05) is 101 Å². The first-order valence-corrected chi connectivity index (χ1v) is 24.7. The monoisotopic (exact) mass is 918 g/mol. The van der Waals surface area contributed by atoms with Crippen molar-refractivity contribution in [3.63, 3.8) is 0 Å². The van der Waals surface area contributed by atoms with E-state index in [-0.39, 0.29) is 63.9 Å². The maximum atomic E-state index is 15.0. The van der Waals surface area contributed by atoms with Gasteiger partial charge in [-0.3, -0.25) is 4.90 Å². The Morgan fingerprint density at radius 3 is 2.32 bits per heavy atom. The van der Waals surface area contributed by atoms with Crippen LogP contribution in [0.1, 0.15) is 140 Å². The lowest BCUT2D eigenvalue weighted by molar-refractivity contribution is -0.256. The number of aliphatic hydroxyl groups is 2. The number of hydrogen-bond donors (Lipinski definition) is 3. The molecule has 0 saturated heterocycles. The molecule has 1 fully saturated rings. The van der Waals surface area contributed by atoms with E-state index >= 15 is 0 Å². The summed E-state index contributed by atoms with van der Waals surface area (Å²) in [6.07, 6.45) is 19.1. The van der Waals surface area contributed by atoms with Crippen LogP contribution in [-0.2, 0) is 20.9 Å². The third-order valence-corrected chi connectivity index (χ3v) is 13.5. The van der Waals surface area contributed by atoms with E-state index in [9.17, 15) is 19.8 Å². The van der Waals surface area contributed by atoms with Gasteiger partial charge in [-0.2, -0.15) is 0 Å². The summed E-state index contributed by atoms with van der Waals surface area (Å²) >= 11 is 0. The van der Waals surface area contributed by atoms with Gasteiger partial charge in [0.25, 0.3) is 0 Å². The van der Waals surface area contributed by atoms with E-state index in [1.807, 2.05) is 37.3 Å². The summed E-state index contributed by atoms with van der Waals surface area (Å²) in [5, 5.41) is 27.3. The van der Waals surface area contributed by atoms with Crippen LogP contribution >= 0.6 is 0 Å². The van der Waals surface area contributed by atoms with Crippen LogP contribution in [0.5, 0.6) is 23.0 Å². The molecule has 0 aromatic heterocycles. The molecule has 364 valence electrons. The van der Waals surface area contributed by atoms with Gasteiger partial charge >= 0.3 is 12.2 Å². The minimum atomic E-state index is -1.50. The molecule has 2 amide bonds. The fraction of sp³-hybridized carbons (Fsp3) is 0.635. The van der Waals surface area contributed by atoms with Crippen LogP contribution in [0.25, 0.3) is 0 Å². The van der Waals surface area contributed by atoms with Gasteiger partial charge in [0.2, 0.25) is 12.6 Å². The lowest BCUT2D eigenvalue weighted by Crippen LogP contribution is -2.70. The molecular weight excluding hydrogens is 843 g/mol. The highest BCUT2D eigenvalue weighted by Gasteiger charge is 2.65. The molecule has 2 aliphatic carbocycles. The smallest absolute Gasteiger partial charge is 0.412 e. The maximum absolute atomic E-state index is 15.0. The number of oxime groups is 1. The first-order valence-electron chi connectivity index (χ1n) is 24.7. The minimum absolute atomic E-state index is 0.00814. The second kappa shape index (κ2) is 25.9. The molecule has 0 bridgehead atoms. The molecule has 6 rings (SSSR count). The second-order valence-electron chi connectivity index (χ2n) is 18.0. The lowest BCUT2D eigenvalue weighted by atomic mass is 9.55. The van der Waals surface area contributed by atoms with Crippen molar-refractivity contribution in [3.05, 3.63) is 71.8 Å². The largest absolute Gasteiger partial charge is 0.459 e. The molecule has 14 nitrogen and oxygen atoms in total. The van der Waals surface area contributed by atoms with Crippen LogP contribution in [0.3, 0.4) is 0 Å². The number of carbonyl (C=O) groups is 2. The number of hydrogen-bond acceptors (Lipinski definition) is 12. The number of benzene rings is 2. The first kappa shape index (κ1) is 50.6. The number of aliphatic hydroxyl groups excluding tert-OH is 2. The molecule has 0 radical (unpaired) electrons. The zero-order valence-electron chi connectivity index (χ0n) is 39.6. The standard InChI is InChI=1S/C52H75N3O11/c1-5-8-9-10-11-12-13-14-15-20-30-61-51(59)55(35-37-23-25-45-46(31-37)63-36-62-45)47-34-43(54-60-4)41-32-38(21-16-18-27-56)40(22-17-19-28-57)48-42-33-39(65-50(58)53-7-3)24-26-44(42)66-52(47,49(41)48)64-29-6-2/h6,23-26,31-33,38,40,47-49,56-57H,2,5,7-22,27-30,34-36H2,1,3-4H3,(H,53,58). The molecule has 14 heteroatoms. The number of amides is 2. The maximum Gasteiger partial charge on any atom is 0.412 e. The summed E-state index contributed by atoms with van der Waals surface area (Å²) in [6, 6.07) is 10.3. The second-order valence-corrected chi connectivity index (χ2v) is 18.0. The van der Waals surface area contributed by atoms with Gasteiger partial charge in [-0.15, -0.1) is 6.58 Å². The Kier molecular flexibility index (Phi) is 19.9. The summed E-state index contributed by atoms with van der Waals surface area (Å²) < 4.78 is 37.9. The quantitative estimate of drug-likeness (QED) is 0.0422. The summed E-state index contributed by atoms with van der Waals surface area (Å²) in [4.78, 5) is 35.1. The Morgan fingerprint density at radius 2 is 1.61 bits per heavy atom. The summed E-state index contributed by atoms with van der Waals surface area (Å²) in [6.45, 7) is 9.29. The van der Waals surface area contributed by atoms with Crippen molar-refractivity contribution in [2.24, 2.45) is 22.9 Å². The number of allylic oxidation sites excluding steroid dienone is 1. The molecule has 2 heterocycles. The van der Waals surface area contributed by atoms with Gasteiger partial charge in [-0.05, 0) is 92.3 Å². The Bertz CT molecular complexity index is 1940. The Labute approximate surface area is 392 Å². The molecule has 2 aliphatic heterocycles. The van der Waals surface area contributed by atoms with E-state index in [0.29, 0.717) is 48.1 Å². The number of rotatable bonds is 28. The number of ether oxygens (including phenoxy) is 6. The average Bonchev–Trinajstić information content (AvgIpc) is 3.79. The number of nitrogens with one attached hydrogen (secondary N) is 1. The van der Waals surface area contributed by atoms with Crippen molar-refractivity contribution >= 4 is 17.9 Å². The highest BCUT2D eigenvalue weighted by Crippen LogP contribution is 2.62. The number of nitrogens with zero attached hydrogens (tertiary/aromatic N) is 2. The predicted molar refractivity (Wildman–Crippen MR) is 253 cm³/mol. The van der Waals surface area contributed by atoms with Crippen LogP contribution < -0.4 is 24.3 Å². The molecule has 66 heavy (non-hydrogen) atoms. The molecule has 2 aromatic carbocycles. The van der Waals surface area contributed by atoms with Crippen molar-refractivity contribution in [1.29, 1.82) is 0 Å². The summed E-state index contributed by atoms with van der Waals surface area (Å²) in [5.41, 5.74) is 3.21. The number of fused-ring (bicyclic) bond motifs is 3. The molecule has 0 spiro atoms. The third-order valence-electron chi connectivity index (χ3n) is 13.5. The average molecular weight is 918 g/mol. The van der Waals surface area contributed by atoms with Crippen molar-refractivity contribution in [3.8, 4) is 23.0 Å². The normalized spacial score (nSPS) is 23.0. The van der Waals surface area contributed by atoms with Crippen LogP contribution in [0, 0.1) is 17.8 Å². The van der Waals surface area contributed by atoms with Gasteiger partial charge in [0.05, 0.1) is 24.8 Å². The van der Waals surface area contributed by atoms with Gasteiger partial charge in [0.15, 0.2) is 11.5 Å². The topological polar surface area (TPSA) is 167 Å². The van der Waals surface area contributed by atoms with Crippen LogP contribution in [0.4, 0.5) is 9.59 Å². The fourth-order valence-electron chi connectivity index (χ4n) is 10.5. The summed E-state index contributed by atoms with van der Waals surface area (Å²) in [7, 11) is 1.53. The van der Waals surface area contributed by atoms with Gasteiger partial charge in [0.1, 0.15) is 24.7 Å². The van der Waals surface area contributed by atoms with Gasteiger partial charge in [-0.25, -0.2) is 9.59 Å². The molecular formula is C52H75N3O11. The minimum Gasteiger partial charge on any atom is -0.459 e. The van der Waals surface area contributed by atoms with Crippen molar-refractivity contribution < 1.29 is 53.1 Å². The zero-order chi connectivity index (χ0) is 46.7. The van der Waals surface area contributed by atoms with Crippen LogP contribution in [0.2, 0.25) is 0 Å². The predicted octanol–water partition coefficient (Wildman–Crippen LogP) is 10.3. The van der Waals surface area contributed by atoms with Crippen molar-refractivity contribution in [1.82, 2.24) is 10.2 Å². The molecule has 6 unspecified atom stereocenters. The lowest BCUT2D eigenvalue weighted by Gasteiger charge is -2.59. The highest BCUT2D eigenvalue weighted by atomic mass is 16.7. The first-order chi connectivity index (χ1) is 32.3. The van der Waals surface area contributed by atoms with E-state index in [1.165, 1.54) is 52.1 Å². The third kappa shape index (κ3) is 12.6. The Morgan fingerprint density at radius 1 is 0.894 bits per heavy atom. The van der Waals surface area contributed by atoms with E-state index in [2.05, 4.69) is 24.9 Å². The van der Waals surface area contributed by atoms with Gasteiger partial charge < -0.3 is 48.8 Å². The van der Waals surface area contributed by atoms with E-state index in [4.69, 9.17) is 38.4 Å². The molecule has 4 aliphatic rings. The Hall–Kier alpha value is -4.79. The molecule has 1 saturated carbocycles. The van der Waals surface area contributed by atoms with Crippen molar-refractivity contribution in [2.75, 3.05) is 46.9 Å². The Balaban J connectivity index is 1.43. The van der Waals surface area contributed by atoms with E-state index < -0.39 is 29.9 Å². The van der Waals surface area contributed by atoms with E-state index in [1.54, 1.807) is 17.0 Å². The number of carbonyl (C=O) groups excluding carboxylic acids is 2. The number of unbranched alkanes of at least 4 members (excludes halogenated alkanes) is 11. The molecule has 3 N–H and O–H groups in total. The molecule has 6 atom stereocenters. The van der Waals surface area contributed by atoms with Crippen molar-refractivity contribution in [2.45, 2.75) is 147 Å². The highest BCUT2D eigenvalue weighted by molar-refractivity contribution is 6.03. The van der Waals surface area contributed by atoms with Crippen LogP contribution in [0.15, 0.2) is 65.9 Å². The summed E-state index contributed by atoms with van der Waals surface area (Å²) in [5.74, 6) is -0.164. The van der Waals surface area contributed by atoms with E-state index in [0.717, 1.165) is 61.6 Å². The SMILES string of the molecule is C=CCOC12Oc3ccc(OC(=O)NCC)cc3C3C(CCCCO)C(CCCCO)C=C(C(=NOC)CC1N(Cc1ccc4c(c1)OCO4)C(=O)OCCCCCCCCCCCC)C32.